The number of anilines is 1. The normalized spacial score (nSPS) is 14.9. The van der Waals surface area contributed by atoms with Gasteiger partial charge in [-0.15, -0.1) is 0 Å². The fourth-order valence-electron chi connectivity index (χ4n) is 3.30. The summed E-state index contributed by atoms with van der Waals surface area (Å²) in [4.78, 5) is 14.1. The summed E-state index contributed by atoms with van der Waals surface area (Å²) in [7, 11) is 1.34. The van der Waals surface area contributed by atoms with Gasteiger partial charge >= 0.3 is 5.97 Å². The van der Waals surface area contributed by atoms with Gasteiger partial charge in [-0.2, -0.15) is 0 Å². The summed E-state index contributed by atoms with van der Waals surface area (Å²) in [6.45, 7) is 3.81. The van der Waals surface area contributed by atoms with E-state index in [0.717, 1.165) is 26.1 Å². The first-order chi connectivity index (χ1) is 13.1. The van der Waals surface area contributed by atoms with E-state index in [1.54, 1.807) is 0 Å². The maximum Gasteiger partial charge on any atom is 0.343 e. The Morgan fingerprint density at radius 3 is 2.85 bits per heavy atom. The van der Waals surface area contributed by atoms with Gasteiger partial charge in [-0.05, 0) is 57.1 Å². The van der Waals surface area contributed by atoms with Crippen molar-refractivity contribution in [3.63, 3.8) is 0 Å². The summed E-state index contributed by atoms with van der Waals surface area (Å²) in [5.41, 5.74) is 0.321. The minimum atomic E-state index is -1.16. The molecule has 0 radical (unpaired) electrons. The van der Waals surface area contributed by atoms with Gasteiger partial charge in [0.25, 0.3) is 0 Å². The zero-order valence-corrected chi connectivity index (χ0v) is 15.3. The molecule has 1 aromatic heterocycles. The lowest BCUT2D eigenvalue weighted by Gasteiger charge is -2.26. The number of carboxylic acid groups (broad SMARTS) is 1. The number of piperidine rings is 1. The maximum atomic E-state index is 13.6. The number of hydrogen-bond donors (Lipinski definition) is 2. The molecule has 0 atom stereocenters. The highest BCUT2D eigenvalue weighted by atomic mass is 19.1. The fourth-order valence-corrected chi connectivity index (χ4v) is 3.30. The number of rotatable bonds is 8. The monoisotopic (exact) mass is 377 g/mol. The van der Waals surface area contributed by atoms with Crippen molar-refractivity contribution in [2.45, 2.75) is 25.7 Å². The van der Waals surface area contributed by atoms with Gasteiger partial charge in [0.05, 0.1) is 7.11 Å². The molecule has 3 rings (SSSR count). The van der Waals surface area contributed by atoms with Gasteiger partial charge in [0.2, 0.25) is 0 Å². The van der Waals surface area contributed by atoms with E-state index in [2.05, 4.69) is 15.4 Å². The minimum Gasteiger partial charge on any atom is -0.494 e. The summed E-state index contributed by atoms with van der Waals surface area (Å²) in [6.07, 6.45) is 4.66. The van der Waals surface area contributed by atoms with Crippen LogP contribution in [-0.2, 0) is 0 Å². The van der Waals surface area contributed by atoms with Crippen molar-refractivity contribution < 1.29 is 23.6 Å². The third-order valence-corrected chi connectivity index (χ3v) is 4.71. The molecular weight excluding hydrogens is 353 g/mol. The predicted molar refractivity (Wildman–Crippen MR) is 98.8 cm³/mol. The number of halogens is 1. The molecule has 0 bridgehead atoms. The molecule has 2 aromatic rings. The highest BCUT2D eigenvalue weighted by Gasteiger charge is 2.24. The molecule has 0 amide bonds. The second-order valence-corrected chi connectivity index (χ2v) is 6.57. The van der Waals surface area contributed by atoms with Gasteiger partial charge in [-0.1, -0.05) is 11.6 Å². The Bertz CT molecular complexity index is 787. The zero-order chi connectivity index (χ0) is 19.2. The van der Waals surface area contributed by atoms with Crippen LogP contribution in [0.4, 0.5) is 10.2 Å². The Hall–Kier alpha value is -2.61. The molecular formula is C19H24FN3O4. The van der Waals surface area contributed by atoms with Crippen LogP contribution in [0.3, 0.4) is 0 Å². The third kappa shape index (κ3) is 4.57. The van der Waals surface area contributed by atoms with E-state index in [-0.39, 0.29) is 22.9 Å². The Balaban J connectivity index is 1.69. The van der Waals surface area contributed by atoms with E-state index >= 15 is 0 Å². The largest absolute Gasteiger partial charge is 0.494 e. The molecule has 0 saturated carbocycles. The average Bonchev–Trinajstić information content (AvgIpc) is 3.10. The zero-order valence-electron chi connectivity index (χ0n) is 15.3. The number of methoxy groups -OCH3 is 1. The summed E-state index contributed by atoms with van der Waals surface area (Å²) < 4.78 is 23.8. The van der Waals surface area contributed by atoms with E-state index in [4.69, 9.17) is 9.26 Å². The fraction of sp³-hybridized carbons (Fsp3) is 0.474. The number of nitrogens with zero attached hydrogens (tertiary/aromatic N) is 2. The smallest absolute Gasteiger partial charge is 0.343 e. The van der Waals surface area contributed by atoms with E-state index in [0.29, 0.717) is 12.1 Å². The first-order valence-corrected chi connectivity index (χ1v) is 9.13. The van der Waals surface area contributed by atoms with E-state index in [1.807, 2.05) is 0 Å². The van der Waals surface area contributed by atoms with Crippen molar-refractivity contribution in [2.75, 3.05) is 38.6 Å². The molecule has 0 spiro atoms. The molecule has 1 aliphatic heterocycles. The van der Waals surface area contributed by atoms with Gasteiger partial charge in [0.15, 0.2) is 28.7 Å². The summed E-state index contributed by atoms with van der Waals surface area (Å²) >= 11 is 0. The number of hydrogen-bond acceptors (Lipinski definition) is 6. The van der Waals surface area contributed by atoms with Crippen molar-refractivity contribution in [1.29, 1.82) is 0 Å². The molecule has 1 saturated heterocycles. The maximum absolute atomic E-state index is 13.6. The number of nitrogens with one attached hydrogen (secondary N) is 1. The lowest BCUT2D eigenvalue weighted by Crippen LogP contribution is -2.31. The van der Waals surface area contributed by atoms with Gasteiger partial charge in [0, 0.05) is 12.1 Å². The molecule has 1 aliphatic rings. The van der Waals surface area contributed by atoms with Gasteiger partial charge in [0.1, 0.15) is 0 Å². The lowest BCUT2D eigenvalue weighted by molar-refractivity contribution is 0.0698. The number of aromatic carboxylic acids is 1. The van der Waals surface area contributed by atoms with Crippen LogP contribution in [0, 0.1) is 5.82 Å². The SMILES string of the molecule is COc1cc(-c2onc(NCCCN3CCCCC3)c2C(=O)O)ccc1F. The highest BCUT2D eigenvalue weighted by molar-refractivity contribution is 5.99. The molecule has 8 heteroatoms. The van der Waals surface area contributed by atoms with Crippen molar-refractivity contribution >= 4 is 11.8 Å². The van der Waals surface area contributed by atoms with Crippen LogP contribution in [0.25, 0.3) is 11.3 Å². The quantitative estimate of drug-likeness (QED) is 0.681. The van der Waals surface area contributed by atoms with Gasteiger partial charge in [-0.3, -0.25) is 0 Å². The minimum absolute atomic E-state index is 0.0104. The number of aromatic nitrogens is 1. The summed E-state index contributed by atoms with van der Waals surface area (Å²) in [6, 6.07) is 4.03. The van der Waals surface area contributed by atoms with Crippen molar-refractivity contribution in [1.82, 2.24) is 10.1 Å². The molecule has 1 aromatic carbocycles. The molecule has 27 heavy (non-hydrogen) atoms. The Kier molecular flexibility index (Phi) is 6.28. The average molecular weight is 377 g/mol. The lowest BCUT2D eigenvalue weighted by atomic mass is 10.1. The summed E-state index contributed by atoms with van der Waals surface area (Å²) in [5, 5.41) is 16.5. The third-order valence-electron chi connectivity index (χ3n) is 4.71. The summed E-state index contributed by atoms with van der Waals surface area (Å²) in [5.74, 6) is -1.43. The molecule has 2 N–H and O–H groups in total. The van der Waals surface area contributed by atoms with Crippen molar-refractivity contribution in [2.24, 2.45) is 0 Å². The van der Waals surface area contributed by atoms with E-state index in [1.165, 1.54) is 44.6 Å². The number of carbonyl (C=O) groups is 1. The Morgan fingerprint density at radius 2 is 2.15 bits per heavy atom. The highest BCUT2D eigenvalue weighted by Crippen LogP contribution is 2.32. The van der Waals surface area contributed by atoms with E-state index < -0.39 is 11.8 Å². The van der Waals surface area contributed by atoms with E-state index in [9.17, 15) is 14.3 Å². The molecule has 1 fully saturated rings. The second-order valence-electron chi connectivity index (χ2n) is 6.57. The van der Waals surface area contributed by atoms with Crippen LogP contribution in [0.5, 0.6) is 5.75 Å². The first kappa shape index (κ1) is 19.2. The van der Waals surface area contributed by atoms with Crippen molar-refractivity contribution in [3.05, 3.63) is 29.6 Å². The molecule has 0 unspecified atom stereocenters. The Labute approximate surface area is 157 Å². The first-order valence-electron chi connectivity index (χ1n) is 9.13. The Morgan fingerprint density at radius 1 is 1.37 bits per heavy atom. The van der Waals surface area contributed by atoms with Gasteiger partial charge < -0.3 is 24.6 Å². The van der Waals surface area contributed by atoms with Crippen LogP contribution in [-0.4, -0.2) is 54.4 Å². The molecule has 0 aliphatic carbocycles. The van der Waals surface area contributed by atoms with Crippen molar-refractivity contribution in [3.8, 4) is 17.1 Å². The van der Waals surface area contributed by atoms with Crippen LogP contribution in [0.1, 0.15) is 36.0 Å². The van der Waals surface area contributed by atoms with Crippen LogP contribution >= 0.6 is 0 Å². The second kappa shape index (κ2) is 8.85. The topological polar surface area (TPSA) is 87.8 Å². The van der Waals surface area contributed by atoms with Crippen LogP contribution in [0.2, 0.25) is 0 Å². The molecule has 146 valence electrons. The number of likely N-dealkylation sites (tertiary alicyclic amines) is 1. The standard InChI is InChI=1S/C19H24FN3O4/c1-26-15-12-13(6-7-14(15)20)17-16(19(24)25)18(22-27-17)21-8-5-11-23-9-3-2-4-10-23/h6-7,12H,2-5,8-11H2,1H3,(H,21,22)(H,24,25). The molecule has 2 heterocycles. The van der Waals surface area contributed by atoms with Gasteiger partial charge in [-0.25, -0.2) is 9.18 Å². The molecule has 7 nitrogen and oxygen atoms in total. The number of benzene rings is 1. The predicted octanol–water partition coefficient (Wildman–Crippen LogP) is 3.48. The number of carboxylic acids is 1. The van der Waals surface area contributed by atoms with Crippen LogP contribution in [0.15, 0.2) is 22.7 Å². The number of ether oxygens (including phenoxy) is 1. The van der Waals surface area contributed by atoms with Crippen LogP contribution < -0.4 is 10.1 Å².